The quantitative estimate of drug-likeness (QED) is 0.293. The minimum atomic E-state index is -0.578. The molecule has 2 aliphatic heterocycles. The SMILES string of the molecule is CCOc1cc(/C=C2/N=C(c3ccc4c(c3)OCO4)OC2=O)ccc1OC(=O)c1ccc(C)cc1. The van der Waals surface area contributed by atoms with Crippen LogP contribution >= 0.6 is 0 Å². The van der Waals surface area contributed by atoms with E-state index < -0.39 is 11.9 Å². The van der Waals surface area contributed by atoms with Crippen LogP contribution in [-0.2, 0) is 9.53 Å². The van der Waals surface area contributed by atoms with Crippen LogP contribution in [0, 0.1) is 6.92 Å². The molecular formula is C27H21NO7. The van der Waals surface area contributed by atoms with E-state index in [1.54, 1.807) is 54.6 Å². The number of benzene rings is 3. The van der Waals surface area contributed by atoms with Crippen molar-refractivity contribution in [3.8, 4) is 23.0 Å². The lowest BCUT2D eigenvalue weighted by atomic mass is 10.1. The van der Waals surface area contributed by atoms with Gasteiger partial charge in [0.25, 0.3) is 0 Å². The molecule has 8 nitrogen and oxygen atoms in total. The normalized spacial score (nSPS) is 15.1. The maximum Gasteiger partial charge on any atom is 0.363 e. The molecule has 0 atom stereocenters. The summed E-state index contributed by atoms with van der Waals surface area (Å²) in [5.41, 5.74) is 2.84. The third kappa shape index (κ3) is 4.72. The predicted molar refractivity (Wildman–Crippen MR) is 127 cm³/mol. The summed E-state index contributed by atoms with van der Waals surface area (Å²) in [5.74, 6) is 0.941. The fourth-order valence-electron chi connectivity index (χ4n) is 3.54. The summed E-state index contributed by atoms with van der Waals surface area (Å²) in [5, 5.41) is 0. The fourth-order valence-corrected chi connectivity index (χ4v) is 3.54. The minimum absolute atomic E-state index is 0.129. The lowest BCUT2D eigenvalue weighted by Crippen LogP contribution is -2.09. The lowest BCUT2D eigenvalue weighted by molar-refractivity contribution is -0.129. The molecule has 0 unspecified atom stereocenters. The van der Waals surface area contributed by atoms with Crippen molar-refractivity contribution >= 4 is 23.9 Å². The van der Waals surface area contributed by atoms with Gasteiger partial charge in [0.2, 0.25) is 12.7 Å². The van der Waals surface area contributed by atoms with Gasteiger partial charge in [0.1, 0.15) is 0 Å². The molecule has 3 aromatic rings. The lowest BCUT2D eigenvalue weighted by Gasteiger charge is -2.11. The molecule has 35 heavy (non-hydrogen) atoms. The number of fused-ring (bicyclic) bond motifs is 1. The van der Waals surface area contributed by atoms with E-state index in [-0.39, 0.29) is 24.1 Å². The van der Waals surface area contributed by atoms with E-state index in [1.807, 2.05) is 26.0 Å². The molecule has 3 aromatic carbocycles. The van der Waals surface area contributed by atoms with E-state index in [0.717, 1.165) is 5.56 Å². The van der Waals surface area contributed by atoms with Gasteiger partial charge in [-0.05, 0) is 68.0 Å². The van der Waals surface area contributed by atoms with Gasteiger partial charge in [-0.15, -0.1) is 0 Å². The molecular weight excluding hydrogens is 450 g/mol. The number of carbonyl (C=O) groups excluding carboxylic acids is 2. The Kier molecular flexibility index (Phi) is 5.93. The summed E-state index contributed by atoms with van der Waals surface area (Å²) in [4.78, 5) is 29.3. The number of nitrogens with zero attached hydrogens (tertiary/aromatic N) is 1. The van der Waals surface area contributed by atoms with Crippen LogP contribution in [0.1, 0.15) is 34.0 Å². The van der Waals surface area contributed by atoms with Crippen molar-refractivity contribution < 1.29 is 33.3 Å². The number of ether oxygens (including phenoxy) is 5. The van der Waals surface area contributed by atoms with Gasteiger partial charge in [0.05, 0.1) is 12.2 Å². The van der Waals surface area contributed by atoms with Crippen LogP contribution in [0.2, 0.25) is 0 Å². The number of aryl methyl sites for hydroxylation is 1. The molecule has 0 saturated carbocycles. The molecule has 0 spiro atoms. The van der Waals surface area contributed by atoms with Crippen LogP contribution in [0.5, 0.6) is 23.0 Å². The van der Waals surface area contributed by atoms with E-state index >= 15 is 0 Å². The first-order chi connectivity index (χ1) is 17.0. The Labute approximate surface area is 201 Å². The number of hydrogen-bond acceptors (Lipinski definition) is 8. The van der Waals surface area contributed by atoms with Crippen molar-refractivity contribution in [2.45, 2.75) is 13.8 Å². The first-order valence-electron chi connectivity index (χ1n) is 11.0. The monoisotopic (exact) mass is 471 g/mol. The zero-order chi connectivity index (χ0) is 24.4. The number of rotatable bonds is 6. The Morgan fingerprint density at radius 1 is 1.00 bits per heavy atom. The van der Waals surface area contributed by atoms with Crippen molar-refractivity contribution in [3.05, 3.63) is 88.6 Å². The zero-order valence-electron chi connectivity index (χ0n) is 19.1. The van der Waals surface area contributed by atoms with Crippen molar-refractivity contribution in [2.24, 2.45) is 4.99 Å². The molecule has 0 amide bonds. The molecule has 176 valence electrons. The zero-order valence-corrected chi connectivity index (χ0v) is 19.1. The van der Waals surface area contributed by atoms with Crippen molar-refractivity contribution in [3.63, 3.8) is 0 Å². The molecule has 0 radical (unpaired) electrons. The Morgan fingerprint density at radius 3 is 2.60 bits per heavy atom. The highest BCUT2D eigenvalue weighted by atomic mass is 16.7. The molecule has 8 heteroatoms. The second-order valence-corrected chi connectivity index (χ2v) is 7.80. The Morgan fingerprint density at radius 2 is 1.80 bits per heavy atom. The van der Waals surface area contributed by atoms with Gasteiger partial charge in [-0.3, -0.25) is 0 Å². The van der Waals surface area contributed by atoms with Gasteiger partial charge in [0.15, 0.2) is 28.7 Å². The second kappa shape index (κ2) is 9.34. The second-order valence-electron chi connectivity index (χ2n) is 7.80. The van der Waals surface area contributed by atoms with E-state index in [0.29, 0.717) is 40.5 Å². The third-order valence-electron chi connectivity index (χ3n) is 5.30. The maximum atomic E-state index is 12.5. The molecule has 2 heterocycles. The number of aliphatic imine (C=N–C) groups is 1. The van der Waals surface area contributed by atoms with E-state index in [2.05, 4.69) is 4.99 Å². The smallest absolute Gasteiger partial charge is 0.363 e. The summed E-state index contributed by atoms with van der Waals surface area (Å²) in [7, 11) is 0. The summed E-state index contributed by atoms with van der Waals surface area (Å²) in [6.07, 6.45) is 1.58. The standard InChI is InChI=1S/C27H21NO7/c1-3-31-23-13-17(6-10-22(23)34-26(29)18-7-4-16(2)5-8-18)12-20-27(30)35-25(28-20)19-9-11-21-24(14-19)33-15-32-21/h4-14H,3,15H2,1-2H3/b20-12+. The largest absolute Gasteiger partial charge is 0.490 e. The van der Waals surface area contributed by atoms with E-state index in [4.69, 9.17) is 23.7 Å². The highest BCUT2D eigenvalue weighted by molar-refractivity contribution is 6.13. The van der Waals surface area contributed by atoms with E-state index in [9.17, 15) is 9.59 Å². The van der Waals surface area contributed by atoms with Crippen LogP contribution in [0.25, 0.3) is 6.08 Å². The van der Waals surface area contributed by atoms with E-state index in [1.165, 1.54) is 0 Å². The first kappa shape index (κ1) is 22.2. The van der Waals surface area contributed by atoms with Gasteiger partial charge in [-0.25, -0.2) is 14.6 Å². The highest BCUT2D eigenvalue weighted by Crippen LogP contribution is 2.34. The van der Waals surface area contributed by atoms with Crippen LogP contribution in [0.4, 0.5) is 0 Å². The molecule has 0 N–H and O–H groups in total. The van der Waals surface area contributed by atoms with Gasteiger partial charge < -0.3 is 23.7 Å². The Hall–Kier alpha value is -4.59. The predicted octanol–water partition coefficient (Wildman–Crippen LogP) is 4.69. The molecule has 0 aliphatic carbocycles. The first-order valence-corrected chi connectivity index (χ1v) is 11.0. The number of esters is 2. The summed E-state index contributed by atoms with van der Waals surface area (Å²) in [6.45, 7) is 4.28. The average Bonchev–Trinajstić information content (AvgIpc) is 3.47. The van der Waals surface area contributed by atoms with Crippen molar-refractivity contribution in [1.29, 1.82) is 0 Å². The van der Waals surface area contributed by atoms with Crippen LogP contribution in [0.15, 0.2) is 71.4 Å². The molecule has 2 aliphatic rings. The maximum absolute atomic E-state index is 12.5. The average molecular weight is 471 g/mol. The molecule has 0 aromatic heterocycles. The summed E-state index contributed by atoms with van der Waals surface area (Å²) in [6, 6.07) is 17.3. The van der Waals surface area contributed by atoms with Gasteiger partial charge in [-0.1, -0.05) is 23.8 Å². The Balaban J connectivity index is 1.39. The number of cyclic esters (lactones) is 1. The minimum Gasteiger partial charge on any atom is -0.490 e. The fraction of sp³-hybridized carbons (Fsp3) is 0.148. The van der Waals surface area contributed by atoms with Gasteiger partial charge in [0, 0.05) is 5.56 Å². The topological polar surface area (TPSA) is 92.7 Å². The number of carbonyl (C=O) groups is 2. The molecule has 0 saturated heterocycles. The van der Waals surface area contributed by atoms with Gasteiger partial charge in [-0.2, -0.15) is 0 Å². The van der Waals surface area contributed by atoms with Crippen LogP contribution in [-0.4, -0.2) is 31.2 Å². The van der Waals surface area contributed by atoms with Crippen LogP contribution < -0.4 is 18.9 Å². The summed E-state index contributed by atoms with van der Waals surface area (Å²) >= 11 is 0. The van der Waals surface area contributed by atoms with Gasteiger partial charge >= 0.3 is 11.9 Å². The molecule has 5 rings (SSSR count). The van der Waals surface area contributed by atoms with Crippen LogP contribution in [0.3, 0.4) is 0 Å². The van der Waals surface area contributed by atoms with Crippen molar-refractivity contribution in [1.82, 2.24) is 0 Å². The Bertz CT molecular complexity index is 1370. The molecule has 0 bridgehead atoms. The summed E-state index contributed by atoms with van der Waals surface area (Å²) < 4.78 is 27.3. The van der Waals surface area contributed by atoms with Crippen molar-refractivity contribution in [2.75, 3.05) is 13.4 Å². The highest BCUT2D eigenvalue weighted by Gasteiger charge is 2.26. The third-order valence-corrected chi connectivity index (χ3v) is 5.30. The molecule has 0 fully saturated rings. The number of hydrogen-bond donors (Lipinski definition) is 0.